The molecule has 4 nitrogen and oxygen atoms in total. The molecule has 2 rings (SSSR count). The maximum Gasteiger partial charge on any atom is 0.0945 e. The van der Waals surface area contributed by atoms with Crippen molar-refractivity contribution in [2.45, 2.75) is 6.42 Å². The van der Waals surface area contributed by atoms with E-state index in [9.17, 15) is 0 Å². The Kier molecular flexibility index (Phi) is 4.92. The highest BCUT2D eigenvalue weighted by atomic mass is 35.5. The topological polar surface area (TPSA) is 42.7 Å². The van der Waals surface area contributed by atoms with Gasteiger partial charge in [0.1, 0.15) is 0 Å². The number of aromatic nitrogens is 3. The van der Waals surface area contributed by atoms with Crippen molar-refractivity contribution in [1.29, 1.82) is 0 Å². The SMILES string of the molecule is CNCCc1nc(-c2cnn(C)c2)cs1.Cl. The van der Waals surface area contributed by atoms with Crippen molar-refractivity contribution in [3.8, 4) is 11.3 Å². The van der Waals surface area contributed by atoms with E-state index in [4.69, 9.17) is 0 Å². The molecule has 6 heteroatoms. The monoisotopic (exact) mass is 258 g/mol. The van der Waals surface area contributed by atoms with Crippen LogP contribution in [-0.2, 0) is 13.5 Å². The molecule has 0 spiro atoms. The van der Waals surface area contributed by atoms with Crippen LogP contribution in [0.3, 0.4) is 0 Å². The van der Waals surface area contributed by atoms with Crippen molar-refractivity contribution in [2.24, 2.45) is 7.05 Å². The molecular formula is C10H15ClN4S. The average molecular weight is 259 g/mol. The van der Waals surface area contributed by atoms with Crippen molar-refractivity contribution in [3.05, 3.63) is 22.8 Å². The smallest absolute Gasteiger partial charge is 0.0945 e. The van der Waals surface area contributed by atoms with E-state index in [0.29, 0.717) is 0 Å². The van der Waals surface area contributed by atoms with Gasteiger partial charge in [-0.2, -0.15) is 5.10 Å². The van der Waals surface area contributed by atoms with Gasteiger partial charge < -0.3 is 5.32 Å². The van der Waals surface area contributed by atoms with E-state index >= 15 is 0 Å². The van der Waals surface area contributed by atoms with Gasteiger partial charge in [-0.25, -0.2) is 4.98 Å². The Hall–Kier alpha value is -0.910. The van der Waals surface area contributed by atoms with Gasteiger partial charge in [-0.15, -0.1) is 23.7 Å². The molecule has 1 N–H and O–H groups in total. The van der Waals surface area contributed by atoms with Gasteiger partial charge in [0.25, 0.3) is 0 Å². The van der Waals surface area contributed by atoms with Crippen LogP contribution in [0.2, 0.25) is 0 Å². The largest absolute Gasteiger partial charge is 0.319 e. The summed E-state index contributed by atoms with van der Waals surface area (Å²) < 4.78 is 1.79. The van der Waals surface area contributed by atoms with Gasteiger partial charge in [0.05, 0.1) is 16.9 Å². The van der Waals surface area contributed by atoms with Gasteiger partial charge in [-0.05, 0) is 7.05 Å². The number of rotatable bonds is 4. The van der Waals surface area contributed by atoms with Crippen LogP contribution in [0.1, 0.15) is 5.01 Å². The van der Waals surface area contributed by atoms with E-state index in [-0.39, 0.29) is 12.4 Å². The normalized spacial score (nSPS) is 10.1. The lowest BCUT2D eigenvalue weighted by atomic mass is 10.3. The number of aryl methyl sites for hydroxylation is 1. The highest BCUT2D eigenvalue weighted by Gasteiger charge is 2.05. The molecule has 0 aliphatic carbocycles. The van der Waals surface area contributed by atoms with Gasteiger partial charge in [0.15, 0.2) is 0 Å². The zero-order chi connectivity index (χ0) is 10.7. The Balaban J connectivity index is 0.00000128. The van der Waals surface area contributed by atoms with Crippen LogP contribution in [0.15, 0.2) is 17.8 Å². The fraction of sp³-hybridized carbons (Fsp3) is 0.400. The Labute approximate surface area is 105 Å². The second-order valence-electron chi connectivity index (χ2n) is 3.38. The summed E-state index contributed by atoms with van der Waals surface area (Å²) in [4.78, 5) is 4.56. The van der Waals surface area contributed by atoms with Gasteiger partial charge in [0.2, 0.25) is 0 Å². The minimum Gasteiger partial charge on any atom is -0.319 e. The average Bonchev–Trinajstić information content (AvgIpc) is 2.83. The molecule has 0 aliphatic heterocycles. The summed E-state index contributed by atoms with van der Waals surface area (Å²) in [5.74, 6) is 0. The number of likely N-dealkylation sites (N-methyl/N-ethyl adjacent to an activating group) is 1. The van der Waals surface area contributed by atoms with Gasteiger partial charge in [-0.1, -0.05) is 0 Å². The Morgan fingerprint density at radius 1 is 1.50 bits per heavy atom. The molecule has 0 fully saturated rings. The first-order valence-electron chi connectivity index (χ1n) is 4.87. The molecule has 0 saturated heterocycles. The first-order valence-corrected chi connectivity index (χ1v) is 5.75. The number of halogens is 1. The van der Waals surface area contributed by atoms with Crippen molar-refractivity contribution in [2.75, 3.05) is 13.6 Å². The second kappa shape index (κ2) is 5.98. The highest BCUT2D eigenvalue weighted by molar-refractivity contribution is 7.09. The number of nitrogens with zero attached hydrogens (tertiary/aromatic N) is 3. The molecule has 0 aromatic carbocycles. The van der Waals surface area contributed by atoms with E-state index in [0.717, 1.165) is 24.2 Å². The Morgan fingerprint density at radius 2 is 2.31 bits per heavy atom. The molecule has 88 valence electrons. The first kappa shape index (κ1) is 13.2. The summed E-state index contributed by atoms with van der Waals surface area (Å²) in [5, 5.41) is 10.5. The summed E-state index contributed by atoms with van der Waals surface area (Å²) in [7, 11) is 3.87. The number of nitrogens with one attached hydrogen (secondary N) is 1. The van der Waals surface area contributed by atoms with E-state index < -0.39 is 0 Å². The fourth-order valence-corrected chi connectivity index (χ4v) is 2.15. The van der Waals surface area contributed by atoms with Crippen LogP contribution in [-0.4, -0.2) is 28.4 Å². The van der Waals surface area contributed by atoms with Crippen molar-refractivity contribution < 1.29 is 0 Å². The minimum absolute atomic E-state index is 0. The van der Waals surface area contributed by atoms with Crippen LogP contribution in [0.5, 0.6) is 0 Å². The number of hydrogen-bond acceptors (Lipinski definition) is 4. The van der Waals surface area contributed by atoms with Crippen LogP contribution in [0.4, 0.5) is 0 Å². The van der Waals surface area contributed by atoms with Gasteiger partial charge in [0, 0.05) is 37.2 Å². The zero-order valence-corrected chi connectivity index (χ0v) is 10.9. The quantitative estimate of drug-likeness (QED) is 0.908. The maximum atomic E-state index is 4.56. The van der Waals surface area contributed by atoms with Crippen LogP contribution < -0.4 is 5.32 Å². The summed E-state index contributed by atoms with van der Waals surface area (Å²) in [6.07, 6.45) is 4.81. The van der Waals surface area contributed by atoms with E-state index in [1.807, 2.05) is 26.5 Å². The Morgan fingerprint density at radius 3 is 2.94 bits per heavy atom. The molecule has 2 aromatic heterocycles. The first-order chi connectivity index (χ1) is 7.29. The zero-order valence-electron chi connectivity index (χ0n) is 9.30. The van der Waals surface area contributed by atoms with Crippen molar-refractivity contribution in [1.82, 2.24) is 20.1 Å². The lowest BCUT2D eigenvalue weighted by Crippen LogP contribution is -2.09. The third-order valence-electron chi connectivity index (χ3n) is 2.14. The lowest BCUT2D eigenvalue weighted by Gasteiger charge is -1.93. The third-order valence-corrected chi connectivity index (χ3v) is 3.05. The maximum absolute atomic E-state index is 4.56. The minimum atomic E-state index is 0. The third kappa shape index (κ3) is 3.04. The van der Waals surface area contributed by atoms with Crippen molar-refractivity contribution in [3.63, 3.8) is 0 Å². The van der Waals surface area contributed by atoms with Gasteiger partial charge in [-0.3, -0.25) is 4.68 Å². The Bertz CT molecular complexity index is 437. The summed E-state index contributed by atoms with van der Waals surface area (Å²) in [5.41, 5.74) is 2.11. The van der Waals surface area contributed by atoms with E-state index in [1.165, 1.54) is 5.01 Å². The molecule has 0 unspecified atom stereocenters. The molecule has 2 heterocycles. The molecule has 0 radical (unpaired) electrons. The molecule has 2 aromatic rings. The van der Waals surface area contributed by atoms with Crippen LogP contribution in [0.25, 0.3) is 11.3 Å². The summed E-state index contributed by atoms with van der Waals surface area (Å²) >= 11 is 1.71. The molecule has 0 bridgehead atoms. The molecule has 16 heavy (non-hydrogen) atoms. The highest BCUT2D eigenvalue weighted by Crippen LogP contribution is 2.21. The standard InChI is InChI=1S/C10H14N4S.ClH/c1-11-4-3-10-13-9(7-15-10)8-5-12-14(2)6-8;/h5-7,11H,3-4H2,1-2H3;1H. The van der Waals surface area contributed by atoms with Crippen LogP contribution in [0, 0.1) is 0 Å². The second-order valence-corrected chi connectivity index (χ2v) is 4.33. The van der Waals surface area contributed by atoms with Gasteiger partial charge >= 0.3 is 0 Å². The summed E-state index contributed by atoms with van der Waals surface area (Å²) in [6.45, 7) is 0.972. The molecular weight excluding hydrogens is 244 g/mol. The van der Waals surface area contributed by atoms with Crippen LogP contribution >= 0.6 is 23.7 Å². The number of hydrogen-bond donors (Lipinski definition) is 1. The lowest BCUT2D eigenvalue weighted by molar-refractivity contribution is 0.768. The molecule has 0 atom stereocenters. The predicted molar refractivity (Wildman–Crippen MR) is 69.2 cm³/mol. The predicted octanol–water partition coefficient (Wildman–Crippen LogP) is 1.73. The fourth-order valence-electron chi connectivity index (χ4n) is 1.34. The number of thiazole rings is 1. The van der Waals surface area contributed by atoms with E-state index in [1.54, 1.807) is 16.0 Å². The van der Waals surface area contributed by atoms with Crippen molar-refractivity contribution >= 4 is 23.7 Å². The van der Waals surface area contributed by atoms with E-state index in [2.05, 4.69) is 20.8 Å². The molecule has 0 aliphatic rings. The molecule has 0 amide bonds. The summed E-state index contributed by atoms with van der Waals surface area (Å²) in [6, 6.07) is 0. The molecule has 0 saturated carbocycles.